The Hall–Kier alpha value is -0.780. The first-order valence-corrected chi connectivity index (χ1v) is 5.17. The molecule has 3 nitrogen and oxygen atoms in total. The molecule has 1 rings (SSSR count). The molecule has 0 aromatic heterocycles. The van der Waals surface area contributed by atoms with Crippen LogP contribution in [0.15, 0.2) is 18.2 Å². The van der Waals surface area contributed by atoms with Gasteiger partial charge in [0.25, 0.3) is 0 Å². The van der Waals surface area contributed by atoms with Gasteiger partial charge in [-0.1, -0.05) is 22.6 Å². The lowest BCUT2D eigenvalue weighted by atomic mass is 10.1. The SMILES string of the molecule is COC(=O)c1ccc(O)c(CI)c1. The largest absolute Gasteiger partial charge is 0.508 e. The number of alkyl halides is 1. The van der Waals surface area contributed by atoms with E-state index >= 15 is 0 Å². The molecule has 1 aromatic carbocycles. The quantitative estimate of drug-likeness (QED) is 0.516. The third-order valence-corrected chi connectivity index (χ3v) is 2.47. The maximum atomic E-state index is 11.1. The Morgan fingerprint density at radius 1 is 1.62 bits per heavy atom. The summed E-state index contributed by atoms with van der Waals surface area (Å²) in [4.78, 5) is 11.1. The van der Waals surface area contributed by atoms with Crippen molar-refractivity contribution in [1.82, 2.24) is 0 Å². The lowest BCUT2D eigenvalue weighted by Crippen LogP contribution is -2.01. The summed E-state index contributed by atoms with van der Waals surface area (Å²) in [5, 5.41) is 9.33. The Bertz CT molecular complexity index is 323. The van der Waals surface area contributed by atoms with Crippen LogP contribution in [-0.2, 0) is 9.16 Å². The number of phenolic OH excluding ortho intramolecular Hbond substituents is 1. The number of carbonyl (C=O) groups excluding carboxylic acids is 1. The van der Waals surface area contributed by atoms with Gasteiger partial charge < -0.3 is 9.84 Å². The molecule has 0 spiro atoms. The standard InChI is InChI=1S/C9H9IO3/c1-13-9(12)6-2-3-8(11)7(4-6)5-10/h2-4,11H,5H2,1H3. The van der Waals surface area contributed by atoms with E-state index < -0.39 is 0 Å². The second kappa shape index (κ2) is 4.45. The van der Waals surface area contributed by atoms with Gasteiger partial charge in [0.1, 0.15) is 5.75 Å². The maximum Gasteiger partial charge on any atom is 0.337 e. The maximum absolute atomic E-state index is 11.1. The summed E-state index contributed by atoms with van der Waals surface area (Å²) in [5.74, 6) is -0.173. The minimum atomic E-state index is -0.383. The van der Waals surface area contributed by atoms with Crippen LogP contribution in [0.2, 0.25) is 0 Å². The van der Waals surface area contributed by atoms with Gasteiger partial charge in [-0.05, 0) is 18.2 Å². The number of carbonyl (C=O) groups is 1. The molecule has 0 aliphatic carbocycles. The number of esters is 1. The third kappa shape index (κ3) is 2.33. The summed E-state index contributed by atoms with van der Waals surface area (Å²) < 4.78 is 5.21. The normalized spacial score (nSPS) is 9.69. The van der Waals surface area contributed by atoms with Gasteiger partial charge in [0.2, 0.25) is 0 Å². The molecule has 1 aromatic rings. The first-order valence-electron chi connectivity index (χ1n) is 3.65. The van der Waals surface area contributed by atoms with Gasteiger partial charge in [-0.15, -0.1) is 0 Å². The monoisotopic (exact) mass is 292 g/mol. The van der Waals surface area contributed by atoms with E-state index in [0.717, 1.165) is 5.56 Å². The van der Waals surface area contributed by atoms with Crippen LogP contribution in [0.25, 0.3) is 0 Å². The van der Waals surface area contributed by atoms with Crippen molar-refractivity contribution in [2.24, 2.45) is 0 Å². The number of hydrogen-bond acceptors (Lipinski definition) is 3. The van der Waals surface area contributed by atoms with Crippen molar-refractivity contribution in [3.63, 3.8) is 0 Å². The van der Waals surface area contributed by atoms with Gasteiger partial charge in [0.05, 0.1) is 12.7 Å². The first kappa shape index (κ1) is 10.3. The Labute approximate surface area is 89.9 Å². The molecular weight excluding hydrogens is 283 g/mol. The molecule has 0 aliphatic heterocycles. The van der Waals surface area contributed by atoms with E-state index in [2.05, 4.69) is 27.3 Å². The number of hydrogen-bond donors (Lipinski definition) is 1. The molecule has 0 atom stereocenters. The zero-order valence-corrected chi connectivity index (χ0v) is 9.24. The van der Waals surface area contributed by atoms with Crippen LogP contribution < -0.4 is 0 Å². The van der Waals surface area contributed by atoms with Crippen molar-refractivity contribution >= 4 is 28.6 Å². The van der Waals surface area contributed by atoms with Crippen molar-refractivity contribution in [1.29, 1.82) is 0 Å². The minimum Gasteiger partial charge on any atom is -0.508 e. The Balaban J connectivity index is 3.06. The van der Waals surface area contributed by atoms with E-state index in [4.69, 9.17) is 0 Å². The molecule has 0 radical (unpaired) electrons. The van der Waals surface area contributed by atoms with E-state index in [9.17, 15) is 9.90 Å². The third-order valence-electron chi connectivity index (χ3n) is 1.64. The van der Waals surface area contributed by atoms with Crippen LogP contribution in [0, 0.1) is 0 Å². The summed E-state index contributed by atoms with van der Waals surface area (Å²) in [6, 6.07) is 4.67. The second-order valence-electron chi connectivity index (χ2n) is 2.47. The van der Waals surface area contributed by atoms with Gasteiger partial charge in [-0.3, -0.25) is 0 Å². The first-order chi connectivity index (χ1) is 6.19. The van der Waals surface area contributed by atoms with Crippen LogP contribution in [0.1, 0.15) is 15.9 Å². The number of aromatic hydroxyl groups is 1. The summed E-state index contributed by atoms with van der Waals surface area (Å²) in [6.45, 7) is 0. The van der Waals surface area contributed by atoms with Crippen LogP contribution in [-0.4, -0.2) is 18.2 Å². The predicted molar refractivity (Wildman–Crippen MR) is 57.2 cm³/mol. The smallest absolute Gasteiger partial charge is 0.337 e. The van der Waals surface area contributed by atoms with E-state index in [-0.39, 0.29) is 11.7 Å². The van der Waals surface area contributed by atoms with E-state index in [1.807, 2.05) is 0 Å². The summed E-state index contributed by atoms with van der Waals surface area (Å²) in [6.07, 6.45) is 0. The van der Waals surface area contributed by atoms with E-state index in [1.54, 1.807) is 6.07 Å². The number of methoxy groups -OCH3 is 1. The zero-order chi connectivity index (χ0) is 9.84. The highest BCUT2D eigenvalue weighted by Gasteiger charge is 2.07. The molecule has 0 saturated carbocycles. The Kier molecular flexibility index (Phi) is 3.53. The highest BCUT2D eigenvalue weighted by atomic mass is 127. The van der Waals surface area contributed by atoms with Crippen molar-refractivity contribution in [3.8, 4) is 5.75 Å². The molecule has 13 heavy (non-hydrogen) atoms. The zero-order valence-electron chi connectivity index (χ0n) is 7.08. The van der Waals surface area contributed by atoms with Gasteiger partial charge in [0.15, 0.2) is 0 Å². The van der Waals surface area contributed by atoms with Gasteiger partial charge in [-0.2, -0.15) is 0 Å². The van der Waals surface area contributed by atoms with E-state index in [0.29, 0.717) is 9.99 Å². The fourth-order valence-electron chi connectivity index (χ4n) is 0.937. The number of rotatable bonds is 2. The van der Waals surface area contributed by atoms with Crippen LogP contribution >= 0.6 is 22.6 Å². The molecule has 0 amide bonds. The van der Waals surface area contributed by atoms with Crippen molar-refractivity contribution in [3.05, 3.63) is 29.3 Å². The van der Waals surface area contributed by atoms with Gasteiger partial charge in [-0.25, -0.2) is 4.79 Å². The topological polar surface area (TPSA) is 46.5 Å². The molecule has 0 unspecified atom stereocenters. The number of benzene rings is 1. The van der Waals surface area contributed by atoms with Crippen molar-refractivity contribution in [2.45, 2.75) is 4.43 Å². The highest BCUT2D eigenvalue weighted by Crippen LogP contribution is 2.21. The van der Waals surface area contributed by atoms with Gasteiger partial charge >= 0.3 is 5.97 Å². The van der Waals surface area contributed by atoms with Crippen molar-refractivity contribution in [2.75, 3.05) is 7.11 Å². The molecule has 70 valence electrons. The van der Waals surface area contributed by atoms with Gasteiger partial charge in [0, 0.05) is 9.99 Å². The van der Waals surface area contributed by atoms with Crippen LogP contribution in [0.3, 0.4) is 0 Å². The molecule has 4 heteroatoms. The average Bonchev–Trinajstić information content (AvgIpc) is 2.17. The highest BCUT2D eigenvalue weighted by molar-refractivity contribution is 14.1. The Morgan fingerprint density at radius 3 is 2.85 bits per heavy atom. The Morgan fingerprint density at radius 2 is 2.31 bits per heavy atom. The van der Waals surface area contributed by atoms with Crippen molar-refractivity contribution < 1.29 is 14.6 Å². The fourth-order valence-corrected chi connectivity index (χ4v) is 1.55. The molecule has 0 aliphatic rings. The summed E-state index contributed by atoms with van der Waals surface area (Å²) in [5.41, 5.74) is 1.20. The molecule has 0 fully saturated rings. The fraction of sp³-hybridized carbons (Fsp3) is 0.222. The minimum absolute atomic E-state index is 0.210. The molecule has 0 bridgehead atoms. The summed E-state index contributed by atoms with van der Waals surface area (Å²) in [7, 11) is 1.33. The van der Waals surface area contributed by atoms with E-state index in [1.165, 1.54) is 19.2 Å². The van der Waals surface area contributed by atoms with Crippen LogP contribution in [0.5, 0.6) is 5.75 Å². The summed E-state index contributed by atoms with van der Waals surface area (Å²) >= 11 is 2.12. The lowest BCUT2D eigenvalue weighted by Gasteiger charge is -2.03. The second-order valence-corrected chi connectivity index (χ2v) is 3.23. The molecule has 0 saturated heterocycles. The molecule has 1 N–H and O–H groups in total. The molecule has 0 heterocycles. The number of halogens is 1. The molecular formula is C9H9IO3. The van der Waals surface area contributed by atoms with Crippen LogP contribution in [0.4, 0.5) is 0 Å². The number of ether oxygens (including phenoxy) is 1. The average molecular weight is 292 g/mol. The number of phenols is 1. The lowest BCUT2D eigenvalue weighted by molar-refractivity contribution is 0.0600. The predicted octanol–water partition coefficient (Wildman–Crippen LogP) is 2.11.